The molecular weight excluding hydrogens is 246 g/mol. The number of carbonyl (C=O) groups excluding carboxylic acids is 1. The number of ether oxygens (including phenoxy) is 1. The molecule has 0 aliphatic heterocycles. The second-order valence-electron chi connectivity index (χ2n) is 4.48. The number of hydrogen-bond acceptors (Lipinski definition) is 4. The van der Waals surface area contributed by atoms with Crippen LogP contribution in [0.1, 0.15) is 24.4 Å². The largest absolute Gasteiger partial charge is 0.497 e. The predicted octanol–water partition coefficient (Wildman–Crippen LogP) is 1.94. The summed E-state index contributed by atoms with van der Waals surface area (Å²) in [7, 11) is 1.54. The van der Waals surface area contributed by atoms with Crippen LogP contribution < -0.4 is 15.7 Å². The average molecular weight is 261 g/mol. The highest BCUT2D eigenvalue weighted by Crippen LogP contribution is 2.19. The first-order chi connectivity index (χ1) is 9.01. The van der Waals surface area contributed by atoms with Gasteiger partial charge in [0, 0.05) is 6.04 Å². The molecule has 1 aromatic carbocycles. The third-order valence-corrected chi connectivity index (χ3v) is 2.61. The van der Waals surface area contributed by atoms with Gasteiger partial charge in [0.2, 0.25) is 0 Å². The summed E-state index contributed by atoms with van der Waals surface area (Å²) >= 11 is 0. The lowest BCUT2D eigenvalue weighted by atomic mass is 10.1. The zero-order valence-electron chi connectivity index (χ0n) is 11.0. The number of rotatable bonds is 3. The van der Waals surface area contributed by atoms with Crippen LogP contribution in [-0.2, 0) is 0 Å². The molecule has 0 atom stereocenters. The molecule has 1 amide bonds. The smallest absolute Gasteiger partial charge is 0.344 e. The van der Waals surface area contributed by atoms with Gasteiger partial charge in [-0.3, -0.25) is 4.79 Å². The lowest BCUT2D eigenvalue weighted by molar-refractivity contribution is 0.0911. The number of fused-ring (bicyclic) bond motifs is 1. The van der Waals surface area contributed by atoms with E-state index in [0.29, 0.717) is 16.5 Å². The standard InChI is InChI=1S/C14H15NO4/c1-8(2)15-13(16)12-7-9-6-10(18-3)4-5-11(9)14(17)19-12/h4-8H,1-3H3,(H,15,16). The van der Waals surface area contributed by atoms with Crippen molar-refractivity contribution in [1.29, 1.82) is 0 Å². The van der Waals surface area contributed by atoms with Gasteiger partial charge in [-0.15, -0.1) is 0 Å². The molecule has 1 N–H and O–H groups in total. The molecule has 0 aliphatic carbocycles. The first-order valence-electron chi connectivity index (χ1n) is 5.94. The van der Waals surface area contributed by atoms with E-state index in [4.69, 9.17) is 9.15 Å². The zero-order chi connectivity index (χ0) is 14.0. The molecule has 0 aliphatic rings. The molecule has 5 nitrogen and oxygen atoms in total. The van der Waals surface area contributed by atoms with Gasteiger partial charge in [0.1, 0.15) is 5.75 Å². The molecule has 1 aromatic heterocycles. The Hall–Kier alpha value is -2.30. The highest BCUT2D eigenvalue weighted by atomic mass is 16.5. The van der Waals surface area contributed by atoms with Crippen molar-refractivity contribution in [1.82, 2.24) is 5.32 Å². The molecule has 0 spiro atoms. The molecule has 0 radical (unpaired) electrons. The van der Waals surface area contributed by atoms with Crippen LogP contribution in [0.25, 0.3) is 10.8 Å². The van der Waals surface area contributed by atoms with Crippen LogP contribution in [0.2, 0.25) is 0 Å². The number of benzene rings is 1. The first-order valence-corrected chi connectivity index (χ1v) is 5.94. The van der Waals surface area contributed by atoms with Crippen LogP contribution in [0, 0.1) is 0 Å². The van der Waals surface area contributed by atoms with E-state index < -0.39 is 11.5 Å². The number of amides is 1. The number of methoxy groups -OCH3 is 1. The summed E-state index contributed by atoms with van der Waals surface area (Å²) in [6.07, 6.45) is 0. The number of nitrogens with one attached hydrogen (secondary N) is 1. The van der Waals surface area contributed by atoms with Gasteiger partial charge in [-0.05, 0) is 43.5 Å². The van der Waals surface area contributed by atoms with Crippen molar-refractivity contribution in [2.24, 2.45) is 0 Å². The van der Waals surface area contributed by atoms with Gasteiger partial charge in [0.15, 0.2) is 5.76 Å². The predicted molar refractivity (Wildman–Crippen MR) is 71.6 cm³/mol. The summed E-state index contributed by atoms with van der Waals surface area (Å²) in [6.45, 7) is 3.67. The van der Waals surface area contributed by atoms with Gasteiger partial charge in [-0.2, -0.15) is 0 Å². The van der Waals surface area contributed by atoms with Crippen molar-refractivity contribution >= 4 is 16.7 Å². The van der Waals surface area contributed by atoms with Gasteiger partial charge in [0.05, 0.1) is 12.5 Å². The highest BCUT2D eigenvalue weighted by Gasteiger charge is 2.13. The van der Waals surface area contributed by atoms with Crippen molar-refractivity contribution < 1.29 is 13.9 Å². The second-order valence-corrected chi connectivity index (χ2v) is 4.48. The van der Waals surface area contributed by atoms with Crippen molar-refractivity contribution in [3.05, 3.63) is 40.4 Å². The van der Waals surface area contributed by atoms with E-state index in [-0.39, 0.29) is 11.8 Å². The van der Waals surface area contributed by atoms with Crippen molar-refractivity contribution in [2.45, 2.75) is 19.9 Å². The topological polar surface area (TPSA) is 68.5 Å². The average Bonchev–Trinajstić information content (AvgIpc) is 2.37. The molecule has 0 saturated carbocycles. The SMILES string of the molecule is COc1ccc2c(=O)oc(C(=O)NC(C)C)cc2c1. The van der Waals surface area contributed by atoms with Gasteiger partial charge in [0.25, 0.3) is 5.91 Å². The van der Waals surface area contributed by atoms with Gasteiger partial charge < -0.3 is 14.5 Å². The summed E-state index contributed by atoms with van der Waals surface area (Å²) in [5, 5.41) is 3.71. The molecule has 100 valence electrons. The summed E-state index contributed by atoms with van der Waals surface area (Å²) < 4.78 is 10.1. The molecule has 1 heterocycles. The summed E-state index contributed by atoms with van der Waals surface area (Å²) in [4.78, 5) is 23.6. The molecule has 0 saturated heterocycles. The second kappa shape index (κ2) is 5.14. The highest BCUT2D eigenvalue weighted by molar-refractivity contribution is 5.95. The minimum Gasteiger partial charge on any atom is -0.497 e. The molecule has 2 rings (SSSR count). The molecule has 0 unspecified atom stereocenters. The zero-order valence-corrected chi connectivity index (χ0v) is 11.0. The summed E-state index contributed by atoms with van der Waals surface area (Å²) in [5.41, 5.74) is -0.533. The van der Waals surface area contributed by atoms with Crippen molar-refractivity contribution in [3.63, 3.8) is 0 Å². The number of hydrogen-bond donors (Lipinski definition) is 1. The molecule has 0 bridgehead atoms. The quantitative estimate of drug-likeness (QED) is 0.916. The fourth-order valence-corrected chi connectivity index (χ4v) is 1.74. The Labute approximate surface area is 110 Å². The summed E-state index contributed by atoms with van der Waals surface area (Å²) in [5.74, 6) is 0.213. The molecular formula is C14H15NO4. The van der Waals surface area contributed by atoms with Gasteiger partial charge in [-0.25, -0.2) is 4.79 Å². The Morgan fingerprint density at radius 2 is 2.05 bits per heavy atom. The molecule has 5 heteroatoms. The minimum atomic E-state index is -0.533. The van der Waals surface area contributed by atoms with Crippen LogP contribution in [0.5, 0.6) is 5.75 Å². The van der Waals surface area contributed by atoms with Crippen LogP contribution >= 0.6 is 0 Å². The molecule has 0 fully saturated rings. The van der Waals surface area contributed by atoms with E-state index >= 15 is 0 Å². The molecule has 2 aromatic rings. The van der Waals surface area contributed by atoms with Crippen LogP contribution in [-0.4, -0.2) is 19.1 Å². The monoisotopic (exact) mass is 261 g/mol. The van der Waals surface area contributed by atoms with Crippen LogP contribution in [0.15, 0.2) is 33.5 Å². The lowest BCUT2D eigenvalue weighted by Gasteiger charge is -2.08. The maximum absolute atomic E-state index is 11.8. The summed E-state index contributed by atoms with van der Waals surface area (Å²) in [6, 6.07) is 6.49. The maximum atomic E-state index is 11.8. The van der Waals surface area contributed by atoms with Gasteiger partial charge >= 0.3 is 5.63 Å². The fourth-order valence-electron chi connectivity index (χ4n) is 1.74. The van der Waals surface area contributed by atoms with E-state index in [2.05, 4.69) is 5.32 Å². The third-order valence-electron chi connectivity index (χ3n) is 2.61. The lowest BCUT2D eigenvalue weighted by Crippen LogP contribution is -2.30. The van der Waals surface area contributed by atoms with Crippen molar-refractivity contribution in [3.8, 4) is 5.75 Å². The van der Waals surface area contributed by atoms with E-state index in [1.165, 1.54) is 6.07 Å². The molecule has 19 heavy (non-hydrogen) atoms. The Bertz CT molecular complexity index is 673. The van der Waals surface area contributed by atoms with E-state index in [9.17, 15) is 9.59 Å². The van der Waals surface area contributed by atoms with Crippen molar-refractivity contribution in [2.75, 3.05) is 7.11 Å². The normalized spacial score (nSPS) is 10.7. The Morgan fingerprint density at radius 3 is 2.68 bits per heavy atom. The fraction of sp³-hybridized carbons (Fsp3) is 0.286. The first kappa shape index (κ1) is 13.1. The maximum Gasteiger partial charge on any atom is 0.344 e. The Balaban J connectivity index is 2.53. The Morgan fingerprint density at radius 1 is 1.32 bits per heavy atom. The third kappa shape index (κ3) is 2.76. The number of carbonyl (C=O) groups is 1. The van der Waals surface area contributed by atoms with Crippen LogP contribution in [0.4, 0.5) is 0 Å². The Kier molecular flexibility index (Phi) is 3.55. The minimum absolute atomic E-state index is 0.000506. The van der Waals surface area contributed by atoms with Crippen LogP contribution in [0.3, 0.4) is 0 Å². The van der Waals surface area contributed by atoms with Gasteiger partial charge in [-0.1, -0.05) is 0 Å². The van der Waals surface area contributed by atoms with E-state index in [0.717, 1.165) is 0 Å². The van der Waals surface area contributed by atoms with E-state index in [1.807, 2.05) is 13.8 Å². The van der Waals surface area contributed by atoms with E-state index in [1.54, 1.807) is 25.3 Å².